The third-order valence-corrected chi connectivity index (χ3v) is 1.66. The number of nitrogens with two attached hydrogens (primary N) is 1. The van der Waals surface area contributed by atoms with Crippen LogP contribution in [0.1, 0.15) is 12.8 Å². The number of nitrogens with zero attached hydrogens (tertiary/aromatic N) is 1. The van der Waals surface area contributed by atoms with Gasteiger partial charge in [-0.25, -0.2) is 15.4 Å². The van der Waals surface area contributed by atoms with Gasteiger partial charge < -0.3 is 9.64 Å². The second kappa shape index (κ2) is 3.91. The Hall–Kier alpha value is -1.30. The van der Waals surface area contributed by atoms with Crippen LogP contribution in [0.5, 0.6) is 0 Å². The molecule has 0 radical (unpaired) electrons. The summed E-state index contributed by atoms with van der Waals surface area (Å²) in [7, 11) is 0. The maximum absolute atomic E-state index is 11.0. The van der Waals surface area contributed by atoms with Crippen LogP contribution in [0.25, 0.3) is 0 Å². The van der Waals surface area contributed by atoms with E-state index in [4.69, 9.17) is 5.84 Å². The van der Waals surface area contributed by atoms with Crippen LogP contribution in [-0.2, 0) is 4.74 Å². The van der Waals surface area contributed by atoms with E-state index in [0.717, 1.165) is 12.8 Å². The maximum atomic E-state index is 11.0. The summed E-state index contributed by atoms with van der Waals surface area (Å²) in [6, 6.07) is 0. The molecule has 6 heteroatoms. The van der Waals surface area contributed by atoms with Crippen molar-refractivity contribution >= 4 is 12.2 Å². The smallest absolute Gasteiger partial charge is 0.358 e. The van der Waals surface area contributed by atoms with Crippen LogP contribution >= 0.6 is 0 Å². The quantitative estimate of drug-likeness (QED) is 0.230. The Morgan fingerprint density at radius 1 is 1.33 bits per heavy atom. The summed E-state index contributed by atoms with van der Waals surface area (Å²) in [6.45, 7) is 1.30. The van der Waals surface area contributed by atoms with Gasteiger partial charge in [-0.05, 0) is 12.8 Å². The molecule has 1 fully saturated rings. The zero-order valence-electron chi connectivity index (χ0n) is 6.58. The maximum Gasteiger partial charge on any atom is 0.430 e. The highest BCUT2D eigenvalue weighted by molar-refractivity contribution is 5.83. The number of hydrogen-bond acceptors (Lipinski definition) is 4. The van der Waals surface area contributed by atoms with Crippen molar-refractivity contribution in [1.82, 2.24) is 10.3 Å². The molecule has 1 aliphatic rings. The van der Waals surface area contributed by atoms with Gasteiger partial charge in [0.25, 0.3) is 0 Å². The van der Waals surface area contributed by atoms with Crippen molar-refractivity contribution in [2.24, 2.45) is 5.84 Å². The molecule has 0 aromatic carbocycles. The number of ether oxygens (including phenoxy) is 1. The predicted octanol–water partition coefficient (Wildman–Crippen LogP) is -0.198. The summed E-state index contributed by atoms with van der Waals surface area (Å²) >= 11 is 0. The zero-order chi connectivity index (χ0) is 8.97. The van der Waals surface area contributed by atoms with E-state index in [1.165, 1.54) is 4.90 Å². The molecule has 1 aliphatic heterocycles. The monoisotopic (exact) mass is 173 g/mol. The standard InChI is InChI=1S/C6H11N3O3/c7-8-5(10)12-6(11)9-3-1-2-4-9/h1-4,7H2,(H,8,10). The highest BCUT2D eigenvalue weighted by Crippen LogP contribution is 2.08. The number of hydrazine groups is 1. The van der Waals surface area contributed by atoms with Crippen LogP contribution in [0.3, 0.4) is 0 Å². The van der Waals surface area contributed by atoms with E-state index < -0.39 is 12.2 Å². The van der Waals surface area contributed by atoms with E-state index in [1.807, 2.05) is 0 Å². The van der Waals surface area contributed by atoms with Crippen LogP contribution in [0.15, 0.2) is 0 Å². The Kier molecular flexibility index (Phi) is 2.87. The van der Waals surface area contributed by atoms with Crippen LogP contribution < -0.4 is 11.3 Å². The molecular weight excluding hydrogens is 162 g/mol. The van der Waals surface area contributed by atoms with E-state index >= 15 is 0 Å². The highest BCUT2D eigenvalue weighted by Gasteiger charge is 2.21. The number of carbonyl (C=O) groups excluding carboxylic acids is 2. The van der Waals surface area contributed by atoms with Crippen LogP contribution in [0.4, 0.5) is 9.59 Å². The number of hydrogen-bond donors (Lipinski definition) is 2. The van der Waals surface area contributed by atoms with Gasteiger partial charge in [0.15, 0.2) is 0 Å². The van der Waals surface area contributed by atoms with Gasteiger partial charge in [0.1, 0.15) is 0 Å². The normalized spacial score (nSPS) is 15.9. The van der Waals surface area contributed by atoms with Gasteiger partial charge in [-0.1, -0.05) is 0 Å². The average Bonchev–Trinajstić information content (AvgIpc) is 2.56. The largest absolute Gasteiger partial charge is 0.430 e. The molecule has 3 N–H and O–H groups in total. The minimum Gasteiger partial charge on any atom is -0.358 e. The van der Waals surface area contributed by atoms with Gasteiger partial charge in [0.2, 0.25) is 0 Å². The van der Waals surface area contributed by atoms with Crippen LogP contribution in [-0.4, -0.2) is 30.2 Å². The molecule has 1 rings (SSSR count). The summed E-state index contributed by atoms with van der Waals surface area (Å²) in [4.78, 5) is 22.9. The van der Waals surface area contributed by atoms with Gasteiger partial charge >= 0.3 is 12.2 Å². The third-order valence-electron chi connectivity index (χ3n) is 1.66. The first-order chi connectivity index (χ1) is 5.74. The fourth-order valence-electron chi connectivity index (χ4n) is 1.07. The number of carbonyl (C=O) groups is 2. The lowest BCUT2D eigenvalue weighted by molar-refractivity contribution is 0.124. The SMILES string of the molecule is NNC(=O)OC(=O)N1CCCC1. The summed E-state index contributed by atoms with van der Waals surface area (Å²) in [5.41, 5.74) is 1.71. The van der Waals surface area contributed by atoms with Gasteiger partial charge in [-0.3, -0.25) is 5.43 Å². The third kappa shape index (κ3) is 2.09. The Balaban J connectivity index is 2.32. The van der Waals surface area contributed by atoms with Crippen molar-refractivity contribution in [3.05, 3.63) is 0 Å². The number of rotatable bonds is 0. The molecule has 0 aliphatic carbocycles. The number of amides is 2. The lowest BCUT2D eigenvalue weighted by Gasteiger charge is -2.12. The summed E-state index contributed by atoms with van der Waals surface area (Å²) < 4.78 is 4.30. The molecule has 0 aromatic rings. The molecular formula is C6H11N3O3. The molecule has 2 amide bonds. The van der Waals surface area contributed by atoms with E-state index in [2.05, 4.69) is 4.74 Å². The fraction of sp³-hybridized carbons (Fsp3) is 0.667. The molecule has 0 spiro atoms. The van der Waals surface area contributed by atoms with Crippen molar-refractivity contribution in [2.45, 2.75) is 12.8 Å². The van der Waals surface area contributed by atoms with Crippen molar-refractivity contribution < 1.29 is 14.3 Å². The molecule has 0 unspecified atom stereocenters. The molecule has 0 bridgehead atoms. The predicted molar refractivity (Wildman–Crippen MR) is 40.0 cm³/mol. The summed E-state index contributed by atoms with van der Waals surface area (Å²) in [5.74, 6) is 4.72. The summed E-state index contributed by atoms with van der Waals surface area (Å²) in [5, 5.41) is 0. The zero-order valence-corrected chi connectivity index (χ0v) is 6.58. The van der Waals surface area contributed by atoms with Gasteiger partial charge in [-0.2, -0.15) is 0 Å². The van der Waals surface area contributed by atoms with Crippen molar-refractivity contribution in [3.8, 4) is 0 Å². The number of likely N-dealkylation sites (tertiary alicyclic amines) is 1. The molecule has 1 heterocycles. The first-order valence-electron chi connectivity index (χ1n) is 3.71. The average molecular weight is 173 g/mol. The van der Waals surface area contributed by atoms with Gasteiger partial charge in [0.05, 0.1) is 0 Å². The van der Waals surface area contributed by atoms with Crippen molar-refractivity contribution in [1.29, 1.82) is 0 Å². The first kappa shape index (κ1) is 8.79. The number of nitrogens with one attached hydrogen (secondary N) is 1. The Morgan fingerprint density at radius 2 is 1.92 bits per heavy atom. The second-order valence-electron chi connectivity index (χ2n) is 2.49. The van der Waals surface area contributed by atoms with E-state index in [0.29, 0.717) is 13.1 Å². The van der Waals surface area contributed by atoms with Gasteiger partial charge in [-0.15, -0.1) is 0 Å². The minimum absolute atomic E-state index is 0.629. The lowest BCUT2D eigenvalue weighted by Crippen LogP contribution is -2.37. The molecule has 12 heavy (non-hydrogen) atoms. The molecule has 6 nitrogen and oxygen atoms in total. The van der Waals surface area contributed by atoms with Crippen molar-refractivity contribution in [2.75, 3.05) is 13.1 Å². The molecule has 68 valence electrons. The van der Waals surface area contributed by atoms with Crippen LogP contribution in [0, 0.1) is 0 Å². The fourth-order valence-corrected chi connectivity index (χ4v) is 1.07. The molecule has 0 aromatic heterocycles. The molecule has 0 atom stereocenters. The van der Waals surface area contributed by atoms with E-state index in [1.54, 1.807) is 5.43 Å². The van der Waals surface area contributed by atoms with E-state index in [9.17, 15) is 9.59 Å². The van der Waals surface area contributed by atoms with Crippen molar-refractivity contribution in [3.63, 3.8) is 0 Å². The van der Waals surface area contributed by atoms with Crippen LogP contribution in [0.2, 0.25) is 0 Å². The summed E-state index contributed by atoms with van der Waals surface area (Å²) in [6.07, 6.45) is 0.362. The Labute approximate surface area is 69.6 Å². The van der Waals surface area contributed by atoms with Gasteiger partial charge in [0, 0.05) is 13.1 Å². The highest BCUT2D eigenvalue weighted by atomic mass is 16.6. The Morgan fingerprint density at radius 3 is 2.42 bits per heavy atom. The topological polar surface area (TPSA) is 84.7 Å². The second-order valence-corrected chi connectivity index (χ2v) is 2.49. The first-order valence-corrected chi connectivity index (χ1v) is 3.71. The van der Waals surface area contributed by atoms with E-state index in [-0.39, 0.29) is 0 Å². The minimum atomic E-state index is -0.924. The molecule has 0 saturated carbocycles. The lowest BCUT2D eigenvalue weighted by atomic mass is 10.4. The Bertz CT molecular complexity index is 188. The molecule has 1 saturated heterocycles.